The van der Waals surface area contributed by atoms with Gasteiger partial charge in [0.15, 0.2) is 6.23 Å². The van der Waals surface area contributed by atoms with E-state index >= 15 is 8.78 Å². The van der Waals surface area contributed by atoms with Crippen molar-refractivity contribution >= 4 is 35.3 Å². The lowest BCUT2D eigenvalue weighted by atomic mass is 9.84. The minimum atomic E-state index is -3.21. The standard InChI is InChI=1S/C46H57F3N6O2Si/c1-33-26-39-38(20-22-42-40(39)28-51-55(42)43-18-11-12-25-56-43)44(41-21-19-34(27-50-41)52-35-29-53(30-35)24-13-23-47)54(33)31-46(48,49)32-57-58(45(2,3)4,36-14-7-5-8-15-36)37-16-9-6-10-17-37/h5-10,14-17,19-22,27-28,33,35,43-44,52H,11-13,18,23-26,29-32H2,1-4H3/t33-,43?,44+/m1/s1. The summed E-state index contributed by atoms with van der Waals surface area (Å²) in [7, 11) is -3.21. The van der Waals surface area contributed by atoms with E-state index in [4.69, 9.17) is 19.2 Å². The number of hydrogen-bond acceptors (Lipinski definition) is 7. The quantitative estimate of drug-likeness (QED) is 0.114. The summed E-state index contributed by atoms with van der Waals surface area (Å²) in [5.74, 6) is -3.19. The molecule has 8 nitrogen and oxygen atoms in total. The summed E-state index contributed by atoms with van der Waals surface area (Å²) in [6.07, 6.45) is 7.82. The van der Waals surface area contributed by atoms with Gasteiger partial charge in [-0.2, -0.15) is 5.10 Å². The van der Waals surface area contributed by atoms with Crippen LogP contribution in [-0.4, -0.2) is 97.0 Å². The van der Waals surface area contributed by atoms with E-state index in [0.717, 1.165) is 77.0 Å². The summed E-state index contributed by atoms with van der Waals surface area (Å²) in [6, 6.07) is 27.6. The third-order valence-electron chi connectivity index (χ3n) is 12.4. The molecule has 5 heterocycles. The molecule has 0 radical (unpaired) electrons. The molecule has 1 N–H and O–H groups in total. The molecule has 3 aliphatic rings. The molecule has 3 aliphatic heterocycles. The molecule has 2 saturated heterocycles. The first-order valence-corrected chi connectivity index (χ1v) is 22.9. The number of alkyl halides is 3. The number of ether oxygens (including phenoxy) is 1. The first kappa shape index (κ1) is 40.7. The minimum absolute atomic E-state index is 0.111. The molecule has 1 unspecified atom stereocenters. The Bertz CT molecular complexity index is 2080. The maximum Gasteiger partial charge on any atom is 0.282 e. The van der Waals surface area contributed by atoms with E-state index in [1.54, 1.807) is 0 Å². The van der Waals surface area contributed by atoms with E-state index in [1.807, 2.05) is 102 Å². The van der Waals surface area contributed by atoms with Gasteiger partial charge in [-0.1, -0.05) is 87.5 Å². The number of likely N-dealkylation sites (tertiary alicyclic amines) is 1. The third kappa shape index (κ3) is 8.10. The van der Waals surface area contributed by atoms with Crippen LogP contribution in [0.3, 0.4) is 0 Å². The van der Waals surface area contributed by atoms with Gasteiger partial charge in [0.05, 0.1) is 61.2 Å². The summed E-state index contributed by atoms with van der Waals surface area (Å²) in [4.78, 5) is 9.14. The predicted molar refractivity (Wildman–Crippen MR) is 227 cm³/mol. The average molecular weight is 811 g/mol. The average Bonchev–Trinajstić information content (AvgIpc) is 3.65. The highest BCUT2D eigenvalue weighted by molar-refractivity contribution is 6.99. The van der Waals surface area contributed by atoms with E-state index in [2.05, 4.69) is 43.1 Å². The lowest BCUT2D eigenvalue weighted by Crippen LogP contribution is -2.67. The van der Waals surface area contributed by atoms with Crippen LogP contribution in [0.15, 0.2) is 97.3 Å². The Balaban J connectivity index is 1.11. The zero-order valence-corrected chi connectivity index (χ0v) is 35.2. The Morgan fingerprint density at radius 1 is 0.914 bits per heavy atom. The van der Waals surface area contributed by atoms with E-state index in [-0.39, 0.29) is 25.0 Å². The topological polar surface area (TPSA) is 67.7 Å². The largest absolute Gasteiger partial charge is 0.401 e. The lowest BCUT2D eigenvalue weighted by Gasteiger charge is -2.45. The summed E-state index contributed by atoms with van der Waals surface area (Å²) in [5, 5.41) is 10.9. The summed E-state index contributed by atoms with van der Waals surface area (Å²) in [6.45, 7) is 10.0. The number of pyridine rings is 1. The highest BCUT2D eigenvalue weighted by atomic mass is 28.4. The highest BCUT2D eigenvalue weighted by Crippen LogP contribution is 2.43. The molecule has 0 bridgehead atoms. The maximum absolute atomic E-state index is 17.0. The van der Waals surface area contributed by atoms with Gasteiger partial charge in [0.25, 0.3) is 14.2 Å². The van der Waals surface area contributed by atoms with Gasteiger partial charge in [-0.25, -0.2) is 13.5 Å². The molecule has 308 valence electrons. The van der Waals surface area contributed by atoms with Crippen molar-refractivity contribution in [1.29, 1.82) is 0 Å². The fourth-order valence-electron chi connectivity index (χ4n) is 9.55. The molecule has 5 aromatic rings. The number of anilines is 1. The Morgan fingerprint density at radius 3 is 2.26 bits per heavy atom. The lowest BCUT2D eigenvalue weighted by molar-refractivity contribution is -0.0821. The van der Waals surface area contributed by atoms with Crippen LogP contribution in [0.5, 0.6) is 0 Å². The molecule has 0 saturated carbocycles. The molecule has 8 rings (SSSR count). The molecular weight excluding hydrogens is 754 g/mol. The number of nitrogens with zero attached hydrogens (tertiary/aromatic N) is 5. The van der Waals surface area contributed by atoms with Crippen molar-refractivity contribution in [3.05, 3.63) is 114 Å². The van der Waals surface area contributed by atoms with Gasteiger partial charge in [0, 0.05) is 37.7 Å². The van der Waals surface area contributed by atoms with Gasteiger partial charge in [-0.15, -0.1) is 0 Å². The number of rotatable bonds is 14. The predicted octanol–water partition coefficient (Wildman–Crippen LogP) is 8.13. The number of hydrogen-bond donors (Lipinski definition) is 1. The van der Waals surface area contributed by atoms with Gasteiger partial charge in [0.1, 0.15) is 0 Å². The molecule has 58 heavy (non-hydrogen) atoms. The van der Waals surface area contributed by atoms with Crippen molar-refractivity contribution < 1.29 is 22.3 Å². The molecule has 12 heteroatoms. The number of halogens is 3. The van der Waals surface area contributed by atoms with Gasteiger partial charge >= 0.3 is 0 Å². The Hall–Kier alpha value is -4.07. The molecule has 2 fully saturated rings. The van der Waals surface area contributed by atoms with Gasteiger partial charge in [0.2, 0.25) is 0 Å². The Labute approximate surface area is 341 Å². The summed E-state index contributed by atoms with van der Waals surface area (Å²) >= 11 is 0. The third-order valence-corrected chi connectivity index (χ3v) is 17.4. The van der Waals surface area contributed by atoms with Gasteiger partial charge < -0.3 is 14.5 Å². The Kier molecular flexibility index (Phi) is 11.8. The van der Waals surface area contributed by atoms with Crippen LogP contribution in [-0.2, 0) is 15.6 Å². The van der Waals surface area contributed by atoms with Crippen LogP contribution in [0.1, 0.15) is 82.5 Å². The second kappa shape index (κ2) is 16.9. The normalized spacial score (nSPS) is 21.2. The van der Waals surface area contributed by atoms with E-state index in [9.17, 15) is 4.39 Å². The monoisotopic (exact) mass is 810 g/mol. The van der Waals surface area contributed by atoms with Crippen LogP contribution in [0.2, 0.25) is 5.04 Å². The maximum atomic E-state index is 17.0. The Morgan fingerprint density at radius 2 is 1.64 bits per heavy atom. The zero-order valence-electron chi connectivity index (χ0n) is 34.2. The van der Waals surface area contributed by atoms with Crippen LogP contribution >= 0.6 is 0 Å². The zero-order chi connectivity index (χ0) is 40.5. The van der Waals surface area contributed by atoms with Crippen molar-refractivity contribution in [2.45, 2.75) is 95.1 Å². The van der Waals surface area contributed by atoms with Crippen LogP contribution < -0.4 is 15.7 Å². The van der Waals surface area contributed by atoms with Crippen LogP contribution in [0.25, 0.3) is 10.9 Å². The molecule has 0 spiro atoms. The second-order valence-electron chi connectivity index (χ2n) is 17.5. The highest BCUT2D eigenvalue weighted by Gasteiger charge is 2.52. The van der Waals surface area contributed by atoms with Crippen molar-refractivity contribution in [2.75, 3.05) is 51.4 Å². The van der Waals surface area contributed by atoms with Crippen molar-refractivity contribution in [2.24, 2.45) is 0 Å². The van der Waals surface area contributed by atoms with Crippen molar-refractivity contribution in [1.82, 2.24) is 24.6 Å². The molecule has 3 aromatic carbocycles. The number of nitrogens with one attached hydrogen (secondary N) is 1. The van der Waals surface area contributed by atoms with E-state index < -0.39 is 38.5 Å². The SMILES string of the molecule is C[C@@H]1Cc2c(ccc3c2cnn3C2CCCCO2)[C@@H](c2ccc(NC3CN(CCCF)C3)cn2)N1CC(F)(F)CO[Si](c1ccccc1)(c1ccccc1)C(C)(C)C. The first-order chi connectivity index (χ1) is 28.0. The van der Waals surface area contributed by atoms with Crippen molar-refractivity contribution in [3.8, 4) is 0 Å². The van der Waals surface area contributed by atoms with Crippen LogP contribution in [0, 0.1) is 0 Å². The van der Waals surface area contributed by atoms with E-state index in [1.165, 1.54) is 0 Å². The number of benzene rings is 3. The molecule has 0 amide bonds. The number of aromatic nitrogens is 3. The first-order valence-electron chi connectivity index (χ1n) is 21.0. The smallest absolute Gasteiger partial charge is 0.282 e. The fourth-order valence-corrected chi connectivity index (χ4v) is 14.1. The summed E-state index contributed by atoms with van der Waals surface area (Å²) in [5.41, 5.74) is 4.68. The molecule has 0 aliphatic carbocycles. The fraction of sp³-hybridized carbons (Fsp3) is 0.478. The minimum Gasteiger partial charge on any atom is -0.401 e. The number of fused-ring (bicyclic) bond motifs is 3. The van der Waals surface area contributed by atoms with Crippen molar-refractivity contribution in [3.63, 3.8) is 0 Å². The molecule has 2 aromatic heterocycles. The molecular formula is C46H57F3N6O2Si. The molecule has 3 atom stereocenters. The van der Waals surface area contributed by atoms with E-state index in [0.29, 0.717) is 25.1 Å². The second-order valence-corrected chi connectivity index (χ2v) is 21.8. The van der Waals surface area contributed by atoms with Crippen LogP contribution in [0.4, 0.5) is 18.9 Å². The van der Waals surface area contributed by atoms with Gasteiger partial charge in [-0.05, 0) is 83.8 Å². The summed E-state index contributed by atoms with van der Waals surface area (Å²) < 4.78 is 61.6. The van der Waals surface area contributed by atoms with Gasteiger partial charge in [-0.3, -0.25) is 19.2 Å².